The molecule has 1 aromatic carbocycles. The van der Waals surface area contributed by atoms with Crippen molar-refractivity contribution >= 4 is 42.5 Å². The van der Waals surface area contributed by atoms with E-state index in [-0.39, 0.29) is 12.6 Å². The molecule has 1 unspecified atom stereocenters. The Morgan fingerprint density at radius 1 is 1.34 bits per heavy atom. The third-order valence-corrected chi connectivity index (χ3v) is 6.77. The molecule has 3 aromatic rings. The highest BCUT2D eigenvalue weighted by Crippen LogP contribution is 2.44. The molecule has 10 nitrogen and oxygen atoms in total. The maximum absolute atomic E-state index is 11.2. The van der Waals surface area contributed by atoms with Crippen molar-refractivity contribution in [3.8, 4) is 23.2 Å². The lowest BCUT2D eigenvalue weighted by atomic mass is 9.83. The van der Waals surface area contributed by atoms with Crippen LogP contribution in [0.15, 0.2) is 30.5 Å². The van der Waals surface area contributed by atoms with E-state index in [0.29, 0.717) is 70.6 Å². The van der Waals surface area contributed by atoms with E-state index in [1.165, 1.54) is 14.5 Å². The Morgan fingerprint density at radius 2 is 2.16 bits per heavy atom. The maximum Gasteiger partial charge on any atom is 0.329 e. The van der Waals surface area contributed by atoms with Gasteiger partial charge in [0.05, 0.1) is 35.7 Å². The summed E-state index contributed by atoms with van der Waals surface area (Å²) in [6.45, 7) is 2.72. The van der Waals surface area contributed by atoms with Gasteiger partial charge in [0.2, 0.25) is 11.8 Å². The van der Waals surface area contributed by atoms with Crippen LogP contribution in [-0.2, 0) is 21.4 Å². The topological polar surface area (TPSA) is 133 Å². The van der Waals surface area contributed by atoms with Crippen LogP contribution in [0.25, 0.3) is 11.3 Å². The van der Waals surface area contributed by atoms with Crippen LogP contribution in [0.4, 0.5) is 17.3 Å². The Kier molecular flexibility index (Phi) is 8.47. The summed E-state index contributed by atoms with van der Waals surface area (Å²) < 4.78 is 10.6. The number of nitriles is 1. The zero-order valence-corrected chi connectivity index (χ0v) is 22.1. The van der Waals surface area contributed by atoms with E-state index >= 15 is 0 Å². The molecule has 0 fully saturated rings. The summed E-state index contributed by atoms with van der Waals surface area (Å²) in [5.74, 6) is 0.635. The molecular formula is C26H27BClN6O4. The van der Waals surface area contributed by atoms with E-state index < -0.39 is 5.41 Å². The van der Waals surface area contributed by atoms with Crippen molar-refractivity contribution in [3.63, 3.8) is 0 Å². The Balaban J connectivity index is 1.69. The molecule has 1 radical (unpaired) electrons. The van der Waals surface area contributed by atoms with Crippen molar-refractivity contribution in [1.82, 2.24) is 15.0 Å². The van der Waals surface area contributed by atoms with Crippen molar-refractivity contribution in [3.05, 3.63) is 52.3 Å². The number of halogens is 1. The van der Waals surface area contributed by atoms with Gasteiger partial charge >= 0.3 is 7.41 Å². The smallest absolute Gasteiger partial charge is 0.329 e. The monoisotopic (exact) mass is 533 g/mol. The molecule has 2 aromatic heterocycles. The SMILES string of the molecule is COCCCc1nc(OC)c(Nc2nccc(-c3cc(C#N)c4c(c3)C(C)(CO)CN4[B]C=O)n2)cc1Cl. The van der Waals surface area contributed by atoms with Crippen LogP contribution in [0.3, 0.4) is 0 Å². The molecule has 0 bridgehead atoms. The lowest BCUT2D eigenvalue weighted by molar-refractivity contribution is 0.195. The zero-order chi connectivity index (χ0) is 27.3. The normalized spacial score (nSPS) is 16.1. The minimum absolute atomic E-state index is 0.150. The number of hydrogen-bond donors (Lipinski definition) is 2. The van der Waals surface area contributed by atoms with Crippen molar-refractivity contribution in [2.75, 3.05) is 44.1 Å². The van der Waals surface area contributed by atoms with E-state index in [4.69, 9.17) is 21.1 Å². The number of carbonyl (C=O) groups is 1. The lowest BCUT2D eigenvalue weighted by Gasteiger charge is -2.23. The molecule has 1 aliphatic heterocycles. The molecule has 38 heavy (non-hydrogen) atoms. The number of aliphatic hydroxyl groups is 1. The first kappa shape index (κ1) is 27.3. The minimum atomic E-state index is -0.661. The van der Waals surface area contributed by atoms with Gasteiger partial charge in [0.25, 0.3) is 0 Å². The first-order chi connectivity index (χ1) is 18.4. The number of fused-ring (bicyclic) bond motifs is 1. The fourth-order valence-electron chi connectivity index (χ4n) is 4.53. The molecule has 12 heteroatoms. The number of aryl methyl sites for hydroxylation is 1. The van der Waals surface area contributed by atoms with E-state index in [1.807, 2.05) is 13.0 Å². The van der Waals surface area contributed by atoms with Gasteiger partial charge in [0, 0.05) is 43.1 Å². The second kappa shape index (κ2) is 11.8. The number of pyridine rings is 1. The highest BCUT2D eigenvalue weighted by molar-refractivity contribution is 6.70. The number of hydrogen-bond acceptors (Lipinski definition) is 10. The van der Waals surface area contributed by atoms with Crippen LogP contribution in [0.1, 0.15) is 30.2 Å². The number of carbonyl (C=O) groups excluding carboxylic acids is 1. The second-order valence-electron chi connectivity index (χ2n) is 9.12. The Labute approximate surface area is 226 Å². The van der Waals surface area contributed by atoms with Crippen LogP contribution in [0, 0.1) is 11.3 Å². The first-order valence-electron chi connectivity index (χ1n) is 11.9. The number of rotatable bonds is 11. The Morgan fingerprint density at radius 3 is 2.84 bits per heavy atom. The molecule has 0 amide bonds. The average molecular weight is 534 g/mol. The lowest BCUT2D eigenvalue weighted by Crippen LogP contribution is -2.36. The van der Waals surface area contributed by atoms with Gasteiger partial charge in [0.15, 0.2) is 0 Å². The van der Waals surface area contributed by atoms with Gasteiger partial charge in [-0.15, -0.1) is 0 Å². The van der Waals surface area contributed by atoms with Gasteiger partial charge in [0.1, 0.15) is 17.9 Å². The summed E-state index contributed by atoms with van der Waals surface area (Å²) in [6.07, 6.45) is 3.69. The predicted octanol–water partition coefficient (Wildman–Crippen LogP) is 3.27. The van der Waals surface area contributed by atoms with E-state index in [9.17, 15) is 15.2 Å². The molecule has 195 valence electrons. The molecule has 4 rings (SSSR count). The van der Waals surface area contributed by atoms with Gasteiger partial charge in [-0.1, -0.05) is 18.5 Å². The second-order valence-corrected chi connectivity index (χ2v) is 9.53. The number of methoxy groups -OCH3 is 2. The Hall–Kier alpha value is -3.72. The minimum Gasteiger partial charge on any atom is -0.480 e. The molecule has 0 spiro atoms. The largest absolute Gasteiger partial charge is 0.480 e. The van der Waals surface area contributed by atoms with Gasteiger partial charge in [-0.25, -0.2) is 15.0 Å². The van der Waals surface area contributed by atoms with Crippen LogP contribution in [0.5, 0.6) is 5.88 Å². The maximum atomic E-state index is 11.2. The third-order valence-electron chi connectivity index (χ3n) is 6.44. The van der Waals surface area contributed by atoms with E-state index in [2.05, 4.69) is 26.3 Å². The summed E-state index contributed by atoms with van der Waals surface area (Å²) in [6, 6.07) is 9.28. The standard InChI is InChI=1S/C26H27BClN6O4/c1-26(14-35)13-34(27-15-36)23-17(12-29)9-16(10-18(23)26)20-6-7-30-25(32-20)33-22-11-19(28)21(5-4-8-37-2)31-24(22)38-3/h6-7,9-11,15,35H,4-5,8,13-14H2,1-3H3,(H,30,32,33). The van der Waals surface area contributed by atoms with E-state index in [1.54, 1.807) is 36.3 Å². The number of ether oxygens (including phenoxy) is 2. The summed E-state index contributed by atoms with van der Waals surface area (Å²) >= 11 is 6.47. The highest BCUT2D eigenvalue weighted by atomic mass is 35.5. The highest BCUT2D eigenvalue weighted by Gasteiger charge is 2.40. The summed E-state index contributed by atoms with van der Waals surface area (Å²) in [4.78, 5) is 26.4. The molecule has 0 aliphatic carbocycles. The van der Waals surface area contributed by atoms with Crippen LogP contribution < -0.4 is 14.9 Å². The van der Waals surface area contributed by atoms with Crippen LogP contribution >= 0.6 is 11.6 Å². The van der Waals surface area contributed by atoms with Crippen molar-refractivity contribution < 1.29 is 19.4 Å². The predicted molar refractivity (Wildman–Crippen MR) is 146 cm³/mol. The molecule has 1 atom stereocenters. The van der Waals surface area contributed by atoms with Crippen LogP contribution in [-0.4, -0.2) is 67.6 Å². The van der Waals surface area contributed by atoms with E-state index in [0.717, 1.165) is 12.0 Å². The van der Waals surface area contributed by atoms with Crippen LogP contribution in [0.2, 0.25) is 5.02 Å². The summed E-state index contributed by atoms with van der Waals surface area (Å²) in [7, 11) is 4.55. The number of nitrogens with zero attached hydrogens (tertiary/aromatic N) is 5. The van der Waals surface area contributed by atoms with Gasteiger partial charge in [-0.2, -0.15) is 5.26 Å². The first-order valence-corrected chi connectivity index (χ1v) is 12.3. The van der Waals surface area contributed by atoms with Crippen molar-refractivity contribution in [2.45, 2.75) is 25.2 Å². The van der Waals surface area contributed by atoms with Crippen molar-refractivity contribution in [2.24, 2.45) is 0 Å². The van der Waals surface area contributed by atoms with Crippen molar-refractivity contribution in [1.29, 1.82) is 5.26 Å². The molecule has 1 aliphatic rings. The third kappa shape index (κ3) is 5.43. The summed E-state index contributed by atoms with van der Waals surface area (Å²) in [5, 5.41) is 23.7. The molecule has 0 saturated carbocycles. The fourth-order valence-corrected chi connectivity index (χ4v) is 4.77. The molecular weight excluding hydrogens is 507 g/mol. The number of benzene rings is 1. The molecule has 3 heterocycles. The zero-order valence-electron chi connectivity index (χ0n) is 21.4. The molecule has 2 N–H and O–H groups in total. The Bertz CT molecular complexity index is 1380. The number of nitrogens with one attached hydrogen (secondary N) is 1. The molecule has 0 saturated heterocycles. The number of aromatic nitrogens is 3. The quantitative estimate of drug-likeness (QED) is 0.215. The van der Waals surface area contributed by atoms with Gasteiger partial charge < -0.3 is 29.5 Å². The summed E-state index contributed by atoms with van der Waals surface area (Å²) in [5.41, 5.74) is 3.54. The van der Waals surface area contributed by atoms with Gasteiger partial charge in [-0.05, 0) is 42.7 Å². The fraction of sp³-hybridized carbons (Fsp3) is 0.346. The van der Waals surface area contributed by atoms with Gasteiger partial charge in [-0.3, -0.25) is 0 Å². The average Bonchev–Trinajstić information content (AvgIpc) is 3.21. The number of aliphatic hydroxyl groups excluding tert-OH is 1. The number of anilines is 3.